The molecule has 2 heterocycles. The lowest BCUT2D eigenvalue weighted by molar-refractivity contribution is 0.0729. The van der Waals surface area contributed by atoms with Gasteiger partial charge in [-0.1, -0.05) is 103 Å². The lowest BCUT2D eigenvalue weighted by Crippen LogP contribution is -2.25. The number of fused-ring (bicyclic) bond motifs is 3. The Balaban J connectivity index is 1.33. The summed E-state index contributed by atoms with van der Waals surface area (Å²) in [5.41, 5.74) is 8.85. The van der Waals surface area contributed by atoms with Crippen LogP contribution in [0.5, 0.6) is 5.75 Å². The Morgan fingerprint density at radius 3 is 2.06 bits per heavy atom. The molecule has 0 radical (unpaired) electrons. The summed E-state index contributed by atoms with van der Waals surface area (Å²) in [6.45, 7) is 6.54. The van der Waals surface area contributed by atoms with Gasteiger partial charge in [0.05, 0.1) is 16.1 Å². The summed E-state index contributed by atoms with van der Waals surface area (Å²) in [5.74, 6) is 0.00897. The molecule has 242 valence electrons. The molecule has 0 N–H and O–H groups in total. The molecule has 6 nitrogen and oxygen atoms in total. The average Bonchev–Trinajstić information content (AvgIpc) is 3.75. The monoisotopic (exact) mass is 662 g/mol. The Hall–Kier alpha value is -5.50. The fourth-order valence-corrected chi connectivity index (χ4v) is 8.57. The fraction of sp³-hybridized carbons (Fsp3) is 0.119. The molecule has 0 aliphatic carbocycles. The van der Waals surface area contributed by atoms with E-state index in [4.69, 9.17) is 4.74 Å². The quantitative estimate of drug-likeness (QED) is 0.132. The predicted octanol–water partition coefficient (Wildman–Crippen LogP) is 9.30. The molecule has 6 aromatic carbocycles. The van der Waals surface area contributed by atoms with Gasteiger partial charge in [-0.25, -0.2) is 13.2 Å². The standard InChI is InChI=1S/C42H34N2O4S/c1-27-20-22-33(23-21-27)49(46,47)43-25-35-28(2)40(31-13-5-4-6-14-31)41(29(3)36(35)26-43)44-37-18-10-8-15-32(37)24-38(44)42(45)48-39-19-11-16-30-12-7-9-17-34(30)39/h4-24H,25-26H2,1-3H3. The van der Waals surface area contributed by atoms with Crippen LogP contribution in [-0.4, -0.2) is 23.3 Å². The van der Waals surface area contributed by atoms with Gasteiger partial charge < -0.3 is 9.30 Å². The molecular weight excluding hydrogens is 629 g/mol. The highest BCUT2D eigenvalue weighted by Crippen LogP contribution is 2.44. The van der Waals surface area contributed by atoms with Gasteiger partial charge in [0.1, 0.15) is 11.4 Å². The number of aromatic nitrogens is 1. The second-order valence-electron chi connectivity index (χ2n) is 12.7. The van der Waals surface area contributed by atoms with E-state index in [-0.39, 0.29) is 18.0 Å². The molecule has 8 rings (SSSR count). The Bertz CT molecular complexity index is 2530. The minimum atomic E-state index is -3.76. The Kier molecular flexibility index (Phi) is 7.47. The van der Waals surface area contributed by atoms with Crippen molar-refractivity contribution in [3.8, 4) is 22.6 Å². The lowest BCUT2D eigenvalue weighted by Gasteiger charge is -2.23. The largest absolute Gasteiger partial charge is 0.421 e. The molecule has 0 bridgehead atoms. The number of para-hydroxylation sites is 1. The number of hydrogen-bond donors (Lipinski definition) is 0. The van der Waals surface area contributed by atoms with Gasteiger partial charge in [-0.05, 0) is 84.3 Å². The molecule has 49 heavy (non-hydrogen) atoms. The molecule has 1 aliphatic heterocycles. The third-order valence-electron chi connectivity index (χ3n) is 9.72. The van der Waals surface area contributed by atoms with Crippen LogP contribution < -0.4 is 4.74 Å². The van der Waals surface area contributed by atoms with Crippen LogP contribution in [0.2, 0.25) is 0 Å². The summed E-state index contributed by atoms with van der Waals surface area (Å²) in [4.78, 5) is 14.6. The van der Waals surface area contributed by atoms with Crippen molar-refractivity contribution in [1.82, 2.24) is 8.87 Å². The van der Waals surface area contributed by atoms with Gasteiger partial charge in [0, 0.05) is 29.4 Å². The van der Waals surface area contributed by atoms with E-state index in [1.54, 1.807) is 16.4 Å². The zero-order chi connectivity index (χ0) is 33.9. The summed E-state index contributed by atoms with van der Waals surface area (Å²) in [7, 11) is -3.76. The normalized spacial score (nSPS) is 13.2. The van der Waals surface area contributed by atoms with Crippen LogP contribution in [-0.2, 0) is 23.1 Å². The van der Waals surface area contributed by atoms with Crippen LogP contribution in [0.3, 0.4) is 0 Å². The molecule has 0 spiro atoms. The van der Waals surface area contributed by atoms with Crippen molar-refractivity contribution in [1.29, 1.82) is 0 Å². The second-order valence-corrected chi connectivity index (χ2v) is 14.6. The summed E-state index contributed by atoms with van der Waals surface area (Å²) >= 11 is 0. The first kappa shape index (κ1) is 30.8. The van der Waals surface area contributed by atoms with Gasteiger partial charge >= 0.3 is 5.97 Å². The smallest absolute Gasteiger partial charge is 0.360 e. The number of ether oxygens (including phenoxy) is 1. The second kappa shape index (κ2) is 11.9. The zero-order valence-electron chi connectivity index (χ0n) is 27.5. The Morgan fingerprint density at radius 1 is 0.673 bits per heavy atom. The van der Waals surface area contributed by atoms with Gasteiger partial charge in [0.2, 0.25) is 10.0 Å². The van der Waals surface area contributed by atoms with E-state index >= 15 is 0 Å². The van der Waals surface area contributed by atoms with Gasteiger partial charge in [0.15, 0.2) is 0 Å². The van der Waals surface area contributed by atoms with E-state index < -0.39 is 16.0 Å². The SMILES string of the molecule is Cc1ccc(S(=O)(=O)N2Cc3c(C)c(-c4ccccc4)c(-n4c(C(=O)Oc5cccc6ccccc56)cc5ccccc54)c(C)c3C2)cc1. The molecule has 0 atom stereocenters. The molecule has 0 saturated heterocycles. The molecule has 7 heteroatoms. The maximum Gasteiger partial charge on any atom is 0.360 e. The number of carbonyl (C=O) groups is 1. The van der Waals surface area contributed by atoms with E-state index in [1.165, 1.54) is 0 Å². The highest BCUT2D eigenvalue weighted by atomic mass is 32.2. The van der Waals surface area contributed by atoms with Crippen molar-refractivity contribution >= 4 is 37.7 Å². The Labute approximate surface area is 285 Å². The van der Waals surface area contributed by atoms with E-state index in [9.17, 15) is 13.2 Å². The van der Waals surface area contributed by atoms with Gasteiger partial charge in [-0.2, -0.15) is 4.31 Å². The number of rotatable bonds is 6. The van der Waals surface area contributed by atoms with Crippen LogP contribution in [0, 0.1) is 20.8 Å². The number of sulfonamides is 1. The van der Waals surface area contributed by atoms with E-state index in [0.717, 1.165) is 66.3 Å². The number of benzene rings is 6. The van der Waals surface area contributed by atoms with Crippen LogP contribution in [0.15, 0.2) is 132 Å². The molecule has 0 unspecified atom stereocenters. The third kappa shape index (κ3) is 5.14. The number of hydrogen-bond acceptors (Lipinski definition) is 4. The van der Waals surface area contributed by atoms with Crippen LogP contribution in [0.4, 0.5) is 0 Å². The van der Waals surface area contributed by atoms with Crippen molar-refractivity contribution in [3.05, 3.63) is 161 Å². The van der Waals surface area contributed by atoms with Gasteiger partial charge in [0.25, 0.3) is 0 Å². The maximum atomic E-state index is 14.3. The zero-order valence-corrected chi connectivity index (χ0v) is 28.3. The number of aryl methyl sites for hydroxylation is 1. The Morgan fingerprint density at radius 2 is 1.31 bits per heavy atom. The lowest BCUT2D eigenvalue weighted by atomic mass is 9.88. The third-order valence-corrected chi connectivity index (χ3v) is 11.5. The number of carbonyl (C=O) groups excluding carboxylic acids is 1. The van der Waals surface area contributed by atoms with E-state index in [0.29, 0.717) is 11.4 Å². The topological polar surface area (TPSA) is 68.6 Å². The van der Waals surface area contributed by atoms with E-state index in [2.05, 4.69) is 19.1 Å². The van der Waals surface area contributed by atoms with Crippen molar-refractivity contribution in [2.24, 2.45) is 0 Å². The first-order chi connectivity index (χ1) is 23.7. The fourth-order valence-electron chi connectivity index (χ4n) is 7.20. The summed E-state index contributed by atoms with van der Waals surface area (Å²) in [6, 6.07) is 40.5. The highest BCUT2D eigenvalue weighted by molar-refractivity contribution is 7.89. The summed E-state index contributed by atoms with van der Waals surface area (Å²) in [6.07, 6.45) is 0. The highest BCUT2D eigenvalue weighted by Gasteiger charge is 2.36. The van der Waals surface area contributed by atoms with Crippen molar-refractivity contribution in [2.75, 3.05) is 0 Å². The summed E-state index contributed by atoms with van der Waals surface area (Å²) in [5, 5.41) is 2.73. The number of esters is 1. The average molecular weight is 663 g/mol. The van der Waals surface area contributed by atoms with Crippen LogP contribution in [0.1, 0.15) is 38.3 Å². The van der Waals surface area contributed by atoms with Gasteiger partial charge in [-0.15, -0.1) is 0 Å². The number of nitrogens with zero attached hydrogens (tertiary/aromatic N) is 2. The molecule has 0 fully saturated rings. The van der Waals surface area contributed by atoms with Gasteiger partial charge in [-0.3, -0.25) is 0 Å². The predicted molar refractivity (Wildman–Crippen MR) is 195 cm³/mol. The molecule has 1 aromatic heterocycles. The summed E-state index contributed by atoms with van der Waals surface area (Å²) < 4.78 is 37.7. The molecule has 1 aliphatic rings. The minimum Gasteiger partial charge on any atom is -0.421 e. The molecule has 0 saturated carbocycles. The van der Waals surface area contributed by atoms with Crippen molar-refractivity contribution in [2.45, 2.75) is 38.8 Å². The van der Waals surface area contributed by atoms with Crippen LogP contribution in [0.25, 0.3) is 38.5 Å². The van der Waals surface area contributed by atoms with Crippen LogP contribution >= 0.6 is 0 Å². The van der Waals surface area contributed by atoms with E-state index in [1.807, 2.05) is 122 Å². The minimum absolute atomic E-state index is 0.231. The first-order valence-electron chi connectivity index (χ1n) is 16.3. The molecule has 7 aromatic rings. The first-order valence-corrected chi connectivity index (χ1v) is 17.7. The molecule has 0 amide bonds. The molecular formula is C42H34N2O4S. The van der Waals surface area contributed by atoms with Crippen molar-refractivity contribution in [3.63, 3.8) is 0 Å². The maximum absolute atomic E-state index is 14.3. The van der Waals surface area contributed by atoms with Crippen molar-refractivity contribution < 1.29 is 17.9 Å².